The van der Waals surface area contributed by atoms with Gasteiger partial charge in [-0.25, -0.2) is 0 Å². The molecule has 0 unspecified atom stereocenters. The maximum atomic E-state index is 0. The molecule has 8 radical (unpaired) electrons. The third-order valence-corrected chi connectivity index (χ3v) is 0. The third-order valence-electron chi connectivity index (χ3n) is 0. The average Bonchev–Trinajstić information content (AvgIpc) is 0. The molecular formula is CaCuFeMgMnSeZn. The molecule has 0 aliphatic carbocycles. The van der Waals surface area contributed by atoms with Crippen LogP contribution in [-0.2, 0) is 70.7 Å². The van der Waals surface area contributed by atoms with Gasteiger partial charge < -0.3 is 0 Å². The van der Waals surface area contributed by atoms with Crippen LogP contribution in [0.2, 0.25) is 0 Å². The molecule has 0 aromatic heterocycles. The second kappa shape index (κ2) is 45.4. The fourth-order valence-electron chi connectivity index (χ4n) is 0. The Labute approximate surface area is 145 Å². The Morgan fingerprint density at radius 3 is 1.00 bits per heavy atom. The summed E-state index contributed by atoms with van der Waals surface area (Å²) in [5.41, 5.74) is 0. The van der Waals surface area contributed by atoms with Crippen LogP contribution in [0.3, 0.4) is 0 Å². The van der Waals surface area contributed by atoms with Crippen LogP contribution in [0.5, 0.6) is 0 Å². The molecule has 0 aromatic rings. The van der Waals surface area contributed by atoms with Crippen LogP contribution in [0.4, 0.5) is 0 Å². The number of hydrogen-bond donors (Lipinski definition) is 0. The first-order valence-corrected chi connectivity index (χ1v) is 0. The van der Waals surface area contributed by atoms with Gasteiger partial charge in [0.15, 0.2) is 0 Å². The van der Waals surface area contributed by atoms with Gasteiger partial charge in [0.1, 0.15) is 0 Å². The van der Waals surface area contributed by atoms with Crippen molar-refractivity contribution < 1.29 is 70.7 Å². The van der Waals surface area contributed by atoms with Crippen LogP contribution in [0.15, 0.2) is 0 Å². The topological polar surface area (TPSA) is 0 Å². The van der Waals surface area contributed by atoms with E-state index in [1.165, 1.54) is 0 Å². The van der Waals surface area contributed by atoms with Gasteiger partial charge in [-0.2, -0.15) is 0 Å². The van der Waals surface area contributed by atoms with Crippen molar-refractivity contribution in [2.45, 2.75) is 0 Å². The molecule has 0 aromatic carbocycles. The van der Waals surface area contributed by atoms with Crippen LogP contribution in [0.1, 0.15) is 0 Å². The van der Waals surface area contributed by atoms with E-state index in [0.29, 0.717) is 0 Å². The van der Waals surface area contributed by atoms with Gasteiger partial charge in [-0.05, 0) is 0 Å². The Morgan fingerprint density at radius 2 is 1.00 bits per heavy atom. The molecule has 0 aliphatic rings. The molecule has 0 bridgehead atoms. The van der Waals surface area contributed by atoms with Crippen molar-refractivity contribution in [2.75, 3.05) is 0 Å². The second-order valence-electron chi connectivity index (χ2n) is 0. The molecule has 7 heteroatoms. The normalized spacial score (nSPS) is 0. The van der Waals surface area contributed by atoms with Gasteiger partial charge in [0.2, 0.25) is 0 Å². The first-order chi connectivity index (χ1) is 0. The van der Waals surface area contributed by atoms with Gasteiger partial charge in [-0.3, -0.25) is 0 Å². The van der Waals surface area contributed by atoms with Crippen molar-refractivity contribution in [3.63, 3.8) is 0 Å². The van der Waals surface area contributed by atoms with Crippen LogP contribution in [0.25, 0.3) is 0 Å². The fourth-order valence-corrected chi connectivity index (χ4v) is 0. The summed E-state index contributed by atoms with van der Waals surface area (Å²) in [5.74, 6) is 0. The van der Waals surface area contributed by atoms with Crippen LogP contribution in [0, 0.1) is 0 Å². The summed E-state index contributed by atoms with van der Waals surface area (Å²) in [6.45, 7) is 0. The minimum absolute atomic E-state index is 0. The Kier molecular flexibility index (Phi) is 392. The summed E-state index contributed by atoms with van der Waals surface area (Å²) in [6, 6.07) is 0. The van der Waals surface area contributed by atoms with Crippen molar-refractivity contribution in [1.29, 1.82) is 0 Å². The van der Waals surface area contributed by atoms with E-state index < -0.39 is 0 Å². The van der Waals surface area contributed by atoms with E-state index in [0.717, 1.165) is 0 Å². The third kappa shape index (κ3) is 36.6. The Hall–Kier alpha value is 4.73. The summed E-state index contributed by atoms with van der Waals surface area (Å²) < 4.78 is 0. The molecule has 7 heavy (non-hydrogen) atoms. The van der Waals surface area contributed by atoms with E-state index in [9.17, 15) is 0 Å². The van der Waals surface area contributed by atoms with Gasteiger partial charge in [-0.15, -0.1) is 0 Å². The molecule has 0 saturated heterocycles. The second-order valence-corrected chi connectivity index (χ2v) is 0. The molecule has 38 valence electrons. The number of hydrogen-bond acceptors (Lipinski definition) is 0. The van der Waals surface area contributed by atoms with Crippen molar-refractivity contribution in [3.05, 3.63) is 0 Å². The summed E-state index contributed by atoms with van der Waals surface area (Å²) in [5, 5.41) is 0. The summed E-state index contributed by atoms with van der Waals surface area (Å²) in [4.78, 5) is 0. The monoisotopic (exact) mass is 382 g/mol. The van der Waals surface area contributed by atoms with Crippen LogP contribution < -0.4 is 0 Å². The Bertz CT molecular complexity index is 19.7. The van der Waals surface area contributed by atoms with Crippen molar-refractivity contribution in [3.8, 4) is 0 Å². The standard InChI is InChI=1S/Ca.Cu.Fe.Mg.Mn.Se.Zn. The molecule has 0 saturated carbocycles. The average molecular weight is 383 g/mol. The zero-order valence-electron chi connectivity index (χ0n) is 3.56. The Morgan fingerprint density at radius 1 is 1.00 bits per heavy atom. The SMILES string of the molecule is [Ca].[Cu].[Fe].[Mg].[Mn].[Se].[Zn]. The first kappa shape index (κ1) is 60.4. The fraction of sp³-hybridized carbons (Fsp3) is 0. The van der Waals surface area contributed by atoms with Gasteiger partial charge in [0, 0.05) is 149 Å². The van der Waals surface area contributed by atoms with E-state index in [1.54, 1.807) is 0 Å². The molecule has 0 fully saturated rings. The zero-order valence-corrected chi connectivity index (χ0v) is 15.1. The summed E-state index contributed by atoms with van der Waals surface area (Å²) in [7, 11) is 0. The zero-order chi connectivity index (χ0) is 0. The van der Waals surface area contributed by atoms with Crippen molar-refractivity contribution in [2.24, 2.45) is 0 Å². The van der Waals surface area contributed by atoms with Gasteiger partial charge in [0.05, 0.1) is 0 Å². The van der Waals surface area contributed by atoms with Gasteiger partial charge >= 0.3 is 0 Å². The van der Waals surface area contributed by atoms with Gasteiger partial charge in [-0.1, -0.05) is 0 Å². The van der Waals surface area contributed by atoms with E-state index in [1.807, 2.05) is 0 Å². The molecule has 0 heterocycles. The summed E-state index contributed by atoms with van der Waals surface area (Å²) >= 11 is 0. The molecule has 0 nitrogen and oxygen atoms in total. The minimum Gasteiger partial charge on any atom is 0 e. The van der Waals surface area contributed by atoms with E-state index in [4.69, 9.17) is 0 Å². The predicted molar refractivity (Wildman–Crippen MR) is 17.3 cm³/mol. The molecule has 0 atom stereocenters. The predicted octanol–water partition coefficient (Wildman–Crippen LogP) is -1.15. The maximum absolute atomic E-state index is 0. The van der Waals surface area contributed by atoms with Gasteiger partial charge in [0.25, 0.3) is 0 Å². The Balaban J connectivity index is 0. The minimum atomic E-state index is 0. The van der Waals surface area contributed by atoms with E-state index in [-0.39, 0.29) is 149 Å². The molecule has 0 spiro atoms. The summed E-state index contributed by atoms with van der Waals surface area (Å²) in [6.07, 6.45) is 0. The van der Waals surface area contributed by atoms with Crippen molar-refractivity contribution in [1.82, 2.24) is 0 Å². The van der Waals surface area contributed by atoms with E-state index in [2.05, 4.69) is 0 Å². The van der Waals surface area contributed by atoms with Crippen molar-refractivity contribution >= 4 is 77.9 Å². The molecular weight excluding hydrogens is 383 g/mol. The number of rotatable bonds is 0. The maximum Gasteiger partial charge on any atom is 0 e. The van der Waals surface area contributed by atoms with Crippen LogP contribution in [-0.4, -0.2) is 77.9 Å². The van der Waals surface area contributed by atoms with E-state index >= 15 is 0 Å². The smallest absolute Gasteiger partial charge is 0 e. The first-order valence-electron chi connectivity index (χ1n) is 0. The molecule has 0 rings (SSSR count). The molecule has 0 amide bonds. The largest absolute Gasteiger partial charge is 0 e. The quantitative estimate of drug-likeness (QED) is 0.464. The molecule has 0 aliphatic heterocycles. The van der Waals surface area contributed by atoms with Crippen LogP contribution >= 0.6 is 0 Å². The molecule has 0 N–H and O–H groups in total.